The Balaban J connectivity index is 1.96. The zero-order valence-electron chi connectivity index (χ0n) is 29.8. The number of benzene rings is 2. The number of guanidine groups is 1. The third-order valence-corrected chi connectivity index (χ3v) is 8.16. The van der Waals surface area contributed by atoms with E-state index in [0.29, 0.717) is 17.7 Å². The van der Waals surface area contributed by atoms with Gasteiger partial charge in [0, 0.05) is 25.2 Å². The lowest BCUT2D eigenvalue weighted by atomic mass is 10.0. The summed E-state index contributed by atoms with van der Waals surface area (Å²) in [6, 6.07) is 13.3. The summed E-state index contributed by atoms with van der Waals surface area (Å²) in [6.45, 7) is 3.74. The van der Waals surface area contributed by atoms with Gasteiger partial charge in [0.15, 0.2) is 5.96 Å². The minimum absolute atomic E-state index is 0.00502. The molecule has 0 saturated heterocycles. The monoisotopic (exact) mass is 801 g/mol. The number of carbonyl (C=O) groups excluding carboxylic acids is 4. The average molecular weight is 802 g/mol. The van der Waals surface area contributed by atoms with Crippen molar-refractivity contribution in [3.05, 3.63) is 65.7 Å². The van der Waals surface area contributed by atoms with Gasteiger partial charge in [-0.3, -0.25) is 33.2 Å². The molecule has 22 heteroatoms. The predicted octanol–water partition coefficient (Wildman–Crippen LogP) is 2.16. The highest BCUT2D eigenvalue weighted by Gasteiger charge is 2.33. The number of amides is 4. The van der Waals surface area contributed by atoms with E-state index in [0.717, 1.165) is 5.56 Å². The number of anilines is 1. The quantitative estimate of drug-likeness (QED) is 0.0253. The SMILES string of the molecule is CC(C)C[C@H](NC(=O)OCc1ccccc1)C(=O)N[C@@H](CCCNC(=N)N)C(=O)Nc1ccc(COC(=O)NCCCC(O)(O[PH](=O)O)O[PH](=O)O)cc1. The highest BCUT2D eigenvalue weighted by atomic mass is 31.1. The summed E-state index contributed by atoms with van der Waals surface area (Å²) in [5.41, 5.74) is 7.03. The zero-order chi connectivity index (χ0) is 40.1. The van der Waals surface area contributed by atoms with E-state index in [9.17, 15) is 33.4 Å². The molecule has 0 aromatic heterocycles. The summed E-state index contributed by atoms with van der Waals surface area (Å²) in [5.74, 6) is -4.17. The third kappa shape index (κ3) is 19.5. The molecule has 300 valence electrons. The number of ether oxygens (including phenoxy) is 2. The lowest BCUT2D eigenvalue weighted by molar-refractivity contribution is -0.277. The Bertz CT molecular complexity index is 1550. The van der Waals surface area contributed by atoms with Gasteiger partial charge in [0.05, 0.1) is 0 Å². The first kappa shape index (κ1) is 45.6. The van der Waals surface area contributed by atoms with Crippen molar-refractivity contribution in [3.63, 3.8) is 0 Å². The Hall–Kier alpha value is -4.55. The smallest absolute Gasteiger partial charge is 0.408 e. The van der Waals surface area contributed by atoms with Crippen LogP contribution in [-0.2, 0) is 50.5 Å². The van der Waals surface area contributed by atoms with Crippen LogP contribution in [-0.4, -0.2) is 76.0 Å². The minimum atomic E-state index is -3.71. The zero-order valence-corrected chi connectivity index (χ0v) is 31.8. The third-order valence-electron chi connectivity index (χ3n) is 7.17. The van der Waals surface area contributed by atoms with Gasteiger partial charge in [0.1, 0.15) is 25.3 Å². The minimum Gasteiger partial charge on any atom is -0.445 e. The van der Waals surface area contributed by atoms with Gasteiger partial charge >= 0.3 is 28.7 Å². The van der Waals surface area contributed by atoms with Crippen molar-refractivity contribution in [1.29, 1.82) is 5.41 Å². The fourth-order valence-electron chi connectivity index (χ4n) is 4.69. The molecule has 0 spiro atoms. The van der Waals surface area contributed by atoms with Crippen LogP contribution in [0.2, 0.25) is 0 Å². The maximum absolute atomic E-state index is 13.4. The van der Waals surface area contributed by atoms with Crippen LogP contribution in [0.4, 0.5) is 15.3 Å². The first-order valence-electron chi connectivity index (χ1n) is 16.8. The maximum Gasteiger partial charge on any atom is 0.408 e. The van der Waals surface area contributed by atoms with Crippen LogP contribution in [0.3, 0.4) is 0 Å². The highest BCUT2D eigenvalue weighted by Crippen LogP contribution is 2.35. The van der Waals surface area contributed by atoms with Gasteiger partial charge in [-0.25, -0.2) is 9.59 Å². The predicted molar refractivity (Wildman–Crippen MR) is 196 cm³/mol. The lowest BCUT2D eigenvalue weighted by Gasteiger charge is -2.24. The molecular weight excluding hydrogens is 752 g/mol. The molecule has 20 nitrogen and oxygen atoms in total. The molecule has 2 rings (SSSR count). The second kappa shape index (κ2) is 24.0. The Morgan fingerprint density at radius 3 is 1.94 bits per heavy atom. The van der Waals surface area contributed by atoms with E-state index < -0.39 is 65.0 Å². The molecule has 2 aromatic rings. The van der Waals surface area contributed by atoms with Crippen molar-refractivity contribution in [2.24, 2.45) is 11.7 Å². The molecule has 0 saturated carbocycles. The van der Waals surface area contributed by atoms with Gasteiger partial charge in [0.25, 0.3) is 5.97 Å². The fourth-order valence-corrected chi connectivity index (χ4v) is 5.61. The number of nitrogens with one attached hydrogen (secondary N) is 6. The Morgan fingerprint density at radius 2 is 1.37 bits per heavy atom. The Labute approximate surface area is 313 Å². The van der Waals surface area contributed by atoms with Crippen LogP contribution in [0, 0.1) is 11.3 Å². The lowest BCUT2D eigenvalue weighted by Crippen LogP contribution is -2.53. The molecule has 2 unspecified atom stereocenters. The summed E-state index contributed by atoms with van der Waals surface area (Å²) in [6.07, 6.45) is -1.46. The molecule has 0 aliphatic carbocycles. The number of nitrogens with two attached hydrogens (primary N) is 1. The summed E-state index contributed by atoms with van der Waals surface area (Å²) >= 11 is 0. The number of carbonyl (C=O) groups is 4. The van der Waals surface area contributed by atoms with E-state index in [1.165, 1.54) is 0 Å². The van der Waals surface area contributed by atoms with Crippen molar-refractivity contribution in [2.45, 2.75) is 77.2 Å². The molecule has 0 fully saturated rings. The van der Waals surface area contributed by atoms with Gasteiger partial charge in [-0.2, -0.15) is 0 Å². The van der Waals surface area contributed by atoms with Gasteiger partial charge in [-0.05, 0) is 54.9 Å². The van der Waals surface area contributed by atoms with E-state index in [2.05, 4.69) is 35.6 Å². The van der Waals surface area contributed by atoms with Crippen LogP contribution in [0.1, 0.15) is 57.1 Å². The first-order chi connectivity index (χ1) is 25.5. The van der Waals surface area contributed by atoms with Gasteiger partial charge in [-0.15, -0.1) is 0 Å². The Morgan fingerprint density at radius 1 is 0.796 bits per heavy atom. The van der Waals surface area contributed by atoms with E-state index in [1.54, 1.807) is 48.5 Å². The van der Waals surface area contributed by atoms with E-state index in [4.69, 9.17) is 30.4 Å². The number of aliphatic hydroxyl groups is 1. The van der Waals surface area contributed by atoms with Crippen molar-refractivity contribution in [2.75, 3.05) is 18.4 Å². The van der Waals surface area contributed by atoms with Crippen molar-refractivity contribution >= 4 is 52.2 Å². The molecule has 0 aliphatic rings. The standard InChI is InChI=1S/C32H49N7O13P2/c1-21(2)18-26(39-31(43)50-19-22-8-4-3-5-9-22)28(41)38-25(10-6-16-35-29(33)34)27(40)37-24-13-11-23(12-14-24)20-49-30(42)36-17-7-15-32(44,51-53(45)46)52-54(47)48/h3-5,8-9,11-14,21,25-26,44,53-54H,6-7,10,15-20H2,1-2H3,(H,36,42)(H,37,40)(H,38,41)(H,39,43)(H,45,46)(H,47,48)(H4,33,34,35)/t25-,26-/m0/s1. The Kier molecular flexibility index (Phi) is 20.3. The van der Waals surface area contributed by atoms with Crippen molar-refractivity contribution in [3.8, 4) is 0 Å². The molecule has 0 bridgehead atoms. The van der Waals surface area contributed by atoms with Crippen LogP contribution < -0.4 is 32.3 Å². The maximum atomic E-state index is 13.4. The van der Waals surface area contributed by atoms with E-state index >= 15 is 0 Å². The molecule has 0 heterocycles. The number of hydrogen-bond acceptors (Lipinski definition) is 12. The van der Waals surface area contributed by atoms with Crippen molar-refractivity contribution < 1.29 is 61.7 Å². The van der Waals surface area contributed by atoms with Crippen LogP contribution in [0.15, 0.2) is 54.6 Å². The second-order valence-corrected chi connectivity index (χ2v) is 13.6. The first-order valence-corrected chi connectivity index (χ1v) is 19.3. The molecule has 11 N–H and O–H groups in total. The number of hydrogen-bond donors (Lipinski definition) is 10. The normalized spacial score (nSPS) is 14.3. The van der Waals surface area contributed by atoms with Gasteiger partial charge in [-0.1, -0.05) is 56.3 Å². The summed E-state index contributed by atoms with van der Waals surface area (Å²) in [7, 11) is -7.43. The summed E-state index contributed by atoms with van der Waals surface area (Å²) in [4.78, 5) is 69.3. The van der Waals surface area contributed by atoms with Crippen LogP contribution in [0.5, 0.6) is 0 Å². The van der Waals surface area contributed by atoms with Crippen LogP contribution >= 0.6 is 16.5 Å². The summed E-state index contributed by atoms with van der Waals surface area (Å²) < 4.78 is 40.8. The molecule has 0 radical (unpaired) electrons. The molecule has 4 atom stereocenters. The molecule has 0 aliphatic heterocycles. The number of rotatable bonds is 23. The topological polar surface area (TPSA) is 310 Å². The molecule has 4 amide bonds. The molecular formula is C32H49N7O13P2. The van der Waals surface area contributed by atoms with E-state index in [1.807, 2.05) is 19.9 Å². The molecule has 2 aromatic carbocycles. The van der Waals surface area contributed by atoms with Gasteiger partial charge < -0.3 is 56.7 Å². The number of alkyl carbamates (subject to hydrolysis) is 2. The second-order valence-electron chi connectivity index (χ2n) is 12.2. The molecule has 54 heavy (non-hydrogen) atoms. The highest BCUT2D eigenvalue weighted by molar-refractivity contribution is 7.33. The fraction of sp³-hybridized carbons (Fsp3) is 0.469. The van der Waals surface area contributed by atoms with Crippen LogP contribution in [0.25, 0.3) is 0 Å². The van der Waals surface area contributed by atoms with Crippen molar-refractivity contribution in [1.82, 2.24) is 21.3 Å². The summed E-state index contributed by atoms with van der Waals surface area (Å²) in [5, 5.41) is 30.4. The van der Waals surface area contributed by atoms with E-state index in [-0.39, 0.29) is 57.4 Å². The van der Waals surface area contributed by atoms with Gasteiger partial charge in [0.2, 0.25) is 11.8 Å². The largest absolute Gasteiger partial charge is 0.445 e. The average Bonchev–Trinajstić information content (AvgIpc) is 3.09.